The lowest BCUT2D eigenvalue weighted by Crippen LogP contribution is -2.46. The van der Waals surface area contributed by atoms with Crippen molar-refractivity contribution in [2.75, 3.05) is 33.7 Å². The lowest BCUT2D eigenvalue weighted by molar-refractivity contribution is 0.0377. The number of hydrogen-bond acceptors (Lipinski definition) is 4. The number of aliphatic hydroxyl groups is 1. The lowest BCUT2D eigenvalue weighted by Gasteiger charge is -2.31. The SMILES string of the molecule is CCNC(=NCC(C)(C)N(C)C)NCC(C)(O)c1ccc(C)o1. The van der Waals surface area contributed by atoms with E-state index in [9.17, 15) is 5.11 Å². The Morgan fingerprint density at radius 3 is 2.39 bits per heavy atom. The van der Waals surface area contributed by atoms with Crippen molar-refractivity contribution in [2.45, 2.75) is 45.8 Å². The molecule has 0 amide bonds. The van der Waals surface area contributed by atoms with E-state index in [1.807, 2.05) is 34.0 Å². The van der Waals surface area contributed by atoms with E-state index in [1.165, 1.54) is 0 Å². The van der Waals surface area contributed by atoms with Crippen molar-refractivity contribution in [2.24, 2.45) is 4.99 Å². The van der Waals surface area contributed by atoms with Crippen LogP contribution in [-0.2, 0) is 5.60 Å². The molecule has 1 unspecified atom stereocenters. The fourth-order valence-electron chi connectivity index (χ4n) is 1.82. The molecule has 1 aromatic rings. The Balaban J connectivity index is 2.72. The van der Waals surface area contributed by atoms with Crippen LogP contribution in [0.3, 0.4) is 0 Å². The van der Waals surface area contributed by atoms with Gasteiger partial charge in [0.2, 0.25) is 0 Å². The van der Waals surface area contributed by atoms with Gasteiger partial charge in [-0.3, -0.25) is 4.99 Å². The van der Waals surface area contributed by atoms with Gasteiger partial charge in [0.05, 0.1) is 13.1 Å². The Morgan fingerprint density at radius 2 is 1.91 bits per heavy atom. The predicted molar refractivity (Wildman–Crippen MR) is 94.8 cm³/mol. The fraction of sp³-hybridized carbons (Fsp3) is 0.706. The van der Waals surface area contributed by atoms with Crippen LogP contribution in [0.2, 0.25) is 0 Å². The van der Waals surface area contributed by atoms with Gasteiger partial charge in [0, 0.05) is 12.1 Å². The normalized spacial score (nSPS) is 15.6. The third kappa shape index (κ3) is 5.88. The van der Waals surface area contributed by atoms with E-state index in [2.05, 4.69) is 34.4 Å². The van der Waals surface area contributed by atoms with E-state index in [0.29, 0.717) is 24.8 Å². The van der Waals surface area contributed by atoms with Crippen LogP contribution in [0, 0.1) is 6.92 Å². The molecule has 0 fully saturated rings. The molecule has 3 N–H and O–H groups in total. The number of aryl methyl sites for hydroxylation is 1. The molecule has 1 rings (SSSR count). The molecule has 0 spiro atoms. The van der Waals surface area contributed by atoms with Gasteiger partial charge in [0.1, 0.15) is 17.1 Å². The van der Waals surface area contributed by atoms with Crippen molar-refractivity contribution in [3.63, 3.8) is 0 Å². The highest BCUT2D eigenvalue weighted by Crippen LogP contribution is 2.21. The van der Waals surface area contributed by atoms with Crippen LogP contribution in [0.5, 0.6) is 0 Å². The van der Waals surface area contributed by atoms with Crippen LogP contribution in [0.1, 0.15) is 39.2 Å². The number of nitrogens with zero attached hydrogens (tertiary/aromatic N) is 2. The zero-order chi connectivity index (χ0) is 17.7. The minimum atomic E-state index is -1.10. The Bertz CT molecular complexity index is 518. The Kier molecular flexibility index (Phi) is 6.65. The monoisotopic (exact) mass is 324 g/mol. The second kappa shape index (κ2) is 7.84. The first-order valence-corrected chi connectivity index (χ1v) is 8.07. The maximum Gasteiger partial charge on any atom is 0.191 e. The summed E-state index contributed by atoms with van der Waals surface area (Å²) in [6.45, 7) is 11.6. The van der Waals surface area contributed by atoms with E-state index in [4.69, 9.17) is 4.42 Å². The third-order valence-corrected chi connectivity index (χ3v) is 4.05. The van der Waals surface area contributed by atoms with Crippen LogP contribution < -0.4 is 10.6 Å². The third-order valence-electron chi connectivity index (χ3n) is 4.05. The molecule has 0 saturated carbocycles. The summed E-state index contributed by atoms with van der Waals surface area (Å²) in [5, 5.41) is 17.0. The van der Waals surface area contributed by atoms with Crippen molar-refractivity contribution in [1.29, 1.82) is 0 Å². The number of nitrogens with one attached hydrogen (secondary N) is 2. The molecule has 1 atom stereocenters. The van der Waals surface area contributed by atoms with Gasteiger partial charge in [-0.2, -0.15) is 0 Å². The van der Waals surface area contributed by atoms with Gasteiger partial charge in [0.25, 0.3) is 0 Å². The summed E-state index contributed by atoms with van der Waals surface area (Å²) < 4.78 is 5.53. The van der Waals surface area contributed by atoms with Crippen molar-refractivity contribution in [3.05, 3.63) is 23.7 Å². The molecule has 0 aliphatic heterocycles. The van der Waals surface area contributed by atoms with Crippen molar-refractivity contribution in [1.82, 2.24) is 15.5 Å². The molecule has 23 heavy (non-hydrogen) atoms. The van der Waals surface area contributed by atoms with Crippen LogP contribution >= 0.6 is 0 Å². The van der Waals surface area contributed by atoms with E-state index in [0.717, 1.165) is 12.3 Å². The average molecular weight is 324 g/mol. The molecule has 0 radical (unpaired) electrons. The van der Waals surface area contributed by atoms with Gasteiger partial charge in [-0.05, 0) is 60.8 Å². The van der Waals surface area contributed by atoms with Gasteiger partial charge in [0.15, 0.2) is 5.96 Å². The summed E-state index contributed by atoms with van der Waals surface area (Å²) in [6, 6.07) is 3.65. The van der Waals surface area contributed by atoms with E-state index in [-0.39, 0.29) is 5.54 Å². The van der Waals surface area contributed by atoms with Gasteiger partial charge in [-0.15, -0.1) is 0 Å². The largest absolute Gasteiger partial charge is 0.463 e. The fourth-order valence-corrected chi connectivity index (χ4v) is 1.82. The van der Waals surface area contributed by atoms with Gasteiger partial charge >= 0.3 is 0 Å². The summed E-state index contributed by atoms with van der Waals surface area (Å²) in [6.07, 6.45) is 0. The molecule has 1 aromatic heterocycles. The second-order valence-corrected chi connectivity index (χ2v) is 6.94. The minimum absolute atomic E-state index is 0.0387. The van der Waals surface area contributed by atoms with Gasteiger partial charge < -0.3 is 25.1 Å². The molecule has 1 heterocycles. The molecule has 0 aromatic carbocycles. The van der Waals surface area contributed by atoms with E-state index >= 15 is 0 Å². The highest BCUT2D eigenvalue weighted by Gasteiger charge is 2.27. The van der Waals surface area contributed by atoms with Gasteiger partial charge in [-0.25, -0.2) is 0 Å². The molecule has 132 valence electrons. The zero-order valence-electron chi connectivity index (χ0n) is 15.5. The Hall–Kier alpha value is -1.53. The zero-order valence-corrected chi connectivity index (χ0v) is 15.5. The van der Waals surface area contributed by atoms with Crippen molar-refractivity contribution in [3.8, 4) is 0 Å². The minimum Gasteiger partial charge on any atom is -0.463 e. The highest BCUT2D eigenvalue weighted by molar-refractivity contribution is 5.79. The molecule has 0 aliphatic rings. The number of rotatable bonds is 7. The van der Waals surface area contributed by atoms with Crippen molar-refractivity contribution < 1.29 is 9.52 Å². The number of guanidine groups is 1. The number of hydrogen-bond donors (Lipinski definition) is 3. The van der Waals surface area contributed by atoms with E-state index in [1.54, 1.807) is 13.0 Å². The summed E-state index contributed by atoms with van der Waals surface area (Å²) in [4.78, 5) is 6.76. The topological polar surface area (TPSA) is 73.0 Å². The van der Waals surface area contributed by atoms with Crippen LogP contribution in [0.4, 0.5) is 0 Å². The number of furan rings is 1. The summed E-state index contributed by atoms with van der Waals surface area (Å²) >= 11 is 0. The maximum atomic E-state index is 10.6. The Labute approximate surface area is 140 Å². The van der Waals surface area contributed by atoms with Crippen LogP contribution in [0.15, 0.2) is 21.5 Å². The molecular weight excluding hydrogens is 292 g/mol. The second-order valence-electron chi connectivity index (χ2n) is 6.94. The smallest absolute Gasteiger partial charge is 0.191 e. The first-order chi connectivity index (χ1) is 10.6. The van der Waals surface area contributed by atoms with Gasteiger partial charge in [-0.1, -0.05) is 0 Å². The highest BCUT2D eigenvalue weighted by atomic mass is 16.4. The molecule has 6 heteroatoms. The van der Waals surface area contributed by atoms with Crippen LogP contribution in [0.25, 0.3) is 0 Å². The summed E-state index contributed by atoms with van der Waals surface area (Å²) in [5.41, 5.74) is -1.13. The lowest BCUT2D eigenvalue weighted by atomic mass is 10.0. The molecule has 0 bridgehead atoms. The standard InChI is InChI=1S/C17H32N4O2/c1-8-18-15(19-11-16(3,4)21(6)7)20-12-17(5,22)14-10-9-13(2)23-14/h9-10,22H,8,11-12H2,1-7H3,(H2,18,19,20). The molecule has 6 nitrogen and oxygen atoms in total. The molecule has 0 aliphatic carbocycles. The van der Waals surface area contributed by atoms with Crippen molar-refractivity contribution >= 4 is 5.96 Å². The molecular formula is C17H32N4O2. The Morgan fingerprint density at radius 1 is 1.26 bits per heavy atom. The number of aliphatic imine (C=N–C) groups is 1. The average Bonchev–Trinajstić information content (AvgIpc) is 2.89. The summed E-state index contributed by atoms with van der Waals surface area (Å²) in [5.74, 6) is 2.02. The first-order valence-electron chi connectivity index (χ1n) is 8.07. The quantitative estimate of drug-likeness (QED) is 0.526. The first kappa shape index (κ1) is 19.5. The van der Waals surface area contributed by atoms with E-state index < -0.39 is 5.60 Å². The summed E-state index contributed by atoms with van der Waals surface area (Å²) in [7, 11) is 4.08. The molecule has 0 saturated heterocycles. The number of likely N-dealkylation sites (N-methyl/N-ethyl adjacent to an activating group) is 1. The van der Waals surface area contributed by atoms with Crippen LogP contribution in [-0.4, -0.2) is 55.2 Å². The maximum absolute atomic E-state index is 10.6. The predicted octanol–water partition coefficient (Wildman–Crippen LogP) is 1.69.